The summed E-state index contributed by atoms with van der Waals surface area (Å²) < 4.78 is 5.80. The van der Waals surface area contributed by atoms with E-state index < -0.39 is 64.6 Å². The number of ether oxygens (including phenoxy) is 1. The Kier molecular flexibility index (Phi) is 5.86. The number of para-hydroxylation sites is 1. The number of esters is 1. The van der Waals surface area contributed by atoms with E-state index in [4.69, 9.17) is 4.74 Å². The number of carbonyl (C=O) groups excluding carboxylic acids is 5. The number of amides is 4. The maximum atomic E-state index is 14.4. The van der Waals surface area contributed by atoms with Gasteiger partial charge in [-0.3, -0.25) is 19.2 Å². The maximum absolute atomic E-state index is 14.4. The molecule has 3 fully saturated rings. The van der Waals surface area contributed by atoms with Crippen LogP contribution < -0.4 is 14.5 Å². The van der Waals surface area contributed by atoms with E-state index in [0.29, 0.717) is 22.7 Å². The van der Waals surface area contributed by atoms with Crippen molar-refractivity contribution in [2.45, 2.75) is 27.7 Å². The van der Waals surface area contributed by atoms with Crippen LogP contribution in [0.5, 0.6) is 5.75 Å². The minimum atomic E-state index is -1.48. The van der Waals surface area contributed by atoms with E-state index in [1.807, 2.05) is 26.0 Å². The molecule has 8 nitrogen and oxygen atoms in total. The summed E-state index contributed by atoms with van der Waals surface area (Å²) >= 11 is 0. The van der Waals surface area contributed by atoms with Crippen molar-refractivity contribution in [3.63, 3.8) is 0 Å². The topological polar surface area (TPSA) is 101 Å². The molecule has 1 saturated carbocycles. The van der Waals surface area contributed by atoms with E-state index in [9.17, 15) is 24.0 Å². The molecule has 3 aromatic rings. The minimum absolute atomic E-state index is 0.198. The van der Waals surface area contributed by atoms with Crippen molar-refractivity contribution in [2.75, 3.05) is 9.80 Å². The Morgan fingerprint density at radius 1 is 0.651 bits per heavy atom. The lowest BCUT2D eigenvalue weighted by Crippen LogP contribution is -2.61. The average molecular weight is 575 g/mol. The Balaban J connectivity index is 1.41. The molecule has 216 valence electrons. The molecule has 43 heavy (non-hydrogen) atoms. The highest BCUT2D eigenvalue weighted by molar-refractivity contribution is 6.27. The summed E-state index contributed by atoms with van der Waals surface area (Å²) in [5, 5.41) is 0. The van der Waals surface area contributed by atoms with Crippen LogP contribution in [0.25, 0.3) is 0 Å². The molecular weight excluding hydrogens is 544 g/mol. The summed E-state index contributed by atoms with van der Waals surface area (Å²) in [7, 11) is 0. The van der Waals surface area contributed by atoms with Crippen molar-refractivity contribution in [1.29, 1.82) is 0 Å². The van der Waals surface area contributed by atoms with Gasteiger partial charge in [-0.15, -0.1) is 0 Å². The van der Waals surface area contributed by atoms with E-state index in [-0.39, 0.29) is 5.57 Å². The predicted molar refractivity (Wildman–Crippen MR) is 158 cm³/mol. The van der Waals surface area contributed by atoms with Crippen LogP contribution in [-0.2, 0) is 24.0 Å². The van der Waals surface area contributed by atoms with E-state index in [0.717, 1.165) is 11.1 Å². The number of nitrogens with zero attached hydrogens (tertiary/aromatic N) is 2. The molecule has 3 aromatic carbocycles. The third-order valence-electron chi connectivity index (χ3n) is 9.88. The highest BCUT2D eigenvalue weighted by atomic mass is 16.5. The zero-order chi connectivity index (χ0) is 30.4. The van der Waals surface area contributed by atoms with Gasteiger partial charge in [0.15, 0.2) is 0 Å². The van der Waals surface area contributed by atoms with Crippen LogP contribution >= 0.6 is 0 Å². The van der Waals surface area contributed by atoms with E-state index in [1.165, 1.54) is 9.80 Å². The van der Waals surface area contributed by atoms with Gasteiger partial charge in [-0.25, -0.2) is 14.6 Å². The number of rotatable bonds is 4. The van der Waals surface area contributed by atoms with Gasteiger partial charge in [0.25, 0.3) is 0 Å². The fraction of sp³-hybridized carbons (Fsp3) is 0.286. The Morgan fingerprint density at radius 3 is 1.60 bits per heavy atom. The monoisotopic (exact) mass is 574 g/mol. The van der Waals surface area contributed by atoms with Gasteiger partial charge in [-0.2, -0.15) is 0 Å². The highest BCUT2D eigenvalue weighted by Gasteiger charge is 2.77. The van der Waals surface area contributed by atoms with Gasteiger partial charge in [0.2, 0.25) is 23.6 Å². The van der Waals surface area contributed by atoms with Gasteiger partial charge in [0.05, 0.1) is 35.0 Å². The minimum Gasteiger partial charge on any atom is -0.423 e. The predicted octanol–water partition coefficient (Wildman–Crippen LogP) is 4.79. The number of anilines is 2. The molecule has 4 atom stereocenters. The van der Waals surface area contributed by atoms with Gasteiger partial charge in [0, 0.05) is 16.9 Å². The van der Waals surface area contributed by atoms with E-state index >= 15 is 0 Å². The second kappa shape index (κ2) is 9.33. The first-order valence-electron chi connectivity index (χ1n) is 14.4. The van der Waals surface area contributed by atoms with Crippen molar-refractivity contribution >= 4 is 41.0 Å². The van der Waals surface area contributed by atoms with Crippen LogP contribution in [0.15, 0.2) is 90.0 Å². The van der Waals surface area contributed by atoms with Crippen LogP contribution in [0, 0.1) is 48.9 Å². The molecule has 2 aliphatic heterocycles. The van der Waals surface area contributed by atoms with Crippen LogP contribution in [0.1, 0.15) is 25.0 Å². The first-order chi connectivity index (χ1) is 20.6. The summed E-state index contributed by atoms with van der Waals surface area (Å²) in [5.41, 5.74) is 1.86. The molecule has 3 aliphatic carbocycles. The normalized spacial score (nSPS) is 29.3. The number of aryl methyl sites for hydroxylation is 2. The Labute approximate surface area is 248 Å². The second-order valence-electron chi connectivity index (χ2n) is 12.3. The molecule has 0 N–H and O–H groups in total. The van der Waals surface area contributed by atoms with Crippen molar-refractivity contribution in [3.05, 3.63) is 101 Å². The third kappa shape index (κ3) is 3.59. The second-order valence-corrected chi connectivity index (χ2v) is 12.3. The zero-order valence-electron chi connectivity index (χ0n) is 24.2. The van der Waals surface area contributed by atoms with Crippen LogP contribution in [-0.4, -0.2) is 29.6 Å². The SMILES string of the molecule is CC1=C(C(=O)Oc2ccccc2)C2(C)[C@@H]3C(=O)N(c4cccc(C)c4)C(=O)[C@@H]3C1[C@H]1C(=O)N(c3cccc(C)c3)C(=O)[C@H]12. The van der Waals surface area contributed by atoms with Gasteiger partial charge >= 0.3 is 5.97 Å². The van der Waals surface area contributed by atoms with Gasteiger partial charge in [0.1, 0.15) is 5.75 Å². The van der Waals surface area contributed by atoms with Crippen molar-refractivity contribution in [1.82, 2.24) is 0 Å². The average Bonchev–Trinajstić information content (AvgIpc) is 3.39. The highest BCUT2D eigenvalue weighted by Crippen LogP contribution is 2.68. The molecule has 8 rings (SSSR count). The smallest absolute Gasteiger partial charge is 0.339 e. The fourth-order valence-electron chi connectivity index (χ4n) is 8.30. The van der Waals surface area contributed by atoms with Crippen molar-refractivity contribution in [3.8, 4) is 5.75 Å². The first-order valence-corrected chi connectivity index (χ1v) is 14.4. The molecular formula is C35H30N2O6. The summed E-state index contributed by atoms with van der Waals surface area (Å²) in [5.74, 6) is -6.83. The number of carbonyl (C=O) groups is 5. The maximum Gasteiger partial charge on any atom is 0.339 e. The number of allylic oxidation sites excluding steroid dienone is 1. The summed E-state index contributed by atoms with van der Waals surface area (Å²) in [6.07, 6.45) is 0. The Morgan fingerprint density at radius 2 is 1.14 bits per heavy atom. The Bertz CT molecular complexity index is 1700. The molecule has 8 heteroatoms. The molecule has 0 spiro atoms. The quantitative estimate of drug-likeness (QED) is 0.252. The zero-order valence-corrected chi connectivity index (χ0v) is 24.2. The molecule has 2 saturated heterocycles. The summed E-state index contributed by atoms with van der Waals surface area (Å²) in [6, 6.07) is 22.8. The number of hydrogen-bond donors (Lipinski definition) is 0. The molecule has 5 aliphatic rings. The molecule has 0 aromatic heterocycles. The lowest BCUT2D eigenvalue weighted by molar-refractivity contribution is -0.152. The summed E-state index contributed by atoms with van der Waals surface area (Å²) in [4.78, 5) is 73.6. The van der Waals surface area contributed by atoms with Crippen LogP contribution in [0.2, 0.25) is 0 Å². The largest absolute Gasteiger partial charge is 0.423 e. The van der Waals surface area contributed by atoms with Crippen LogP contribution in [0.4, 0.5) is 11.4 Å². The summed E-state index contributed by atoms with van der Waals surface area (Å²) in [6.45, 7) is 7.17. The van der Waals surface area contributed by atoms with E-state index in [1.54, 1.807) is 80.6 Å². The Hall–Kier alpha value is -4.85. The lowest BCUT2D eigenvalue weighted by atomic mass is 9.43. The van der Waals surface area contributed by atoms with Crippen LogP contribution in [0.3, 0.4) is 0 Å². The molecule has 0 unspecified atom stereocenters. The first kappa shape index (κ1) is 27.0. The van der Waals surface area contributed by atoms with Gasteiger partial charge < -0.3 is 4.74 Å². The molecule has 2 bridgehead atoms. The van der Waals surface area contributed by atoms with Gasteiger partial charge in [-0.05, 0) is 68.3 Å². The van der Waals surface area contributed by atoms with Gasteiger partial charge in [-0.1, -0.05) is 55.0 Å². The number of benzene rings is 3. The fourth-order valence-corrected chi connectivity index (χ4v) is 8.30. The standard InChI is InChI=1S/C35H30N2O6/c1-18-10-8-12-21(16-18)36-30(38)25-24-20(3)27(34(42)43-23-14-6-5-7-15-23)35(4,28(25)32(36)40)29-26(24)31(39)37(33(29)41)22-13-9-11-19(2)17-22/h5-17,24-26,28-29H,1-4H3/t24?,25-,26-,28+,29+,35?/m1/s1. The molecule has 0 radical (unpaired) electrons. The van der Waals surface area contributed by atoms with Crippen molar-refractivity contribution in [2.24, 2.45) is 35.0 Å². The molecule has 2 heterocycles. The molecule has 4 amide bonds. The number of imide groups is 2. The number of hydrogen-bond acceptors (Lipinski definition) is 6. The van der Waals surface area contributed by atoms with Crippen molar-refractivity contribution < 1.29 is 28.7 Å². The van der Waals surface area contributed by atoms with E-state index in [2.05, 4.69) is 0 Å². The third-order valence-corrected chi connectivity index (χ3v) is 9.88. The lowest BCUT2D eigenvalue weighted by Gasteiger charge is -2.55.